The second-order valence-corrected chi connectivity index (χ2v) is 11.1. The summed E-state index contributed by atoms with van der Waals surface area (Å²) in [4.78, 5) is 0.170. The van der Waals surface area contributed by atoms with Crippen LogP contribution in [0.5, 0.6) is 0 Å². The highest BCUT2D eigenvalue weighted by molar-refractivity contribution is 7.92. The molecule has 1 saturated heterocycles. The molecule has 0 unspecified atom stereocenters. The summed E-state index contributed by atoms with van der Waals surface area (Å²) in [6.07, 6.45) is 1.87. The fraction of sp³-hybridized carbons (Fsp3) is 0.316. The molecule has 0 aliphatic carbocycles. The second kappa shape index (κ2) is 7.03. The summed E-state index contributed by atoms with van der Waals surface area (Å²) >= 11 is 0. The number of benzene rings is 1. The number of aromatic nitrogens is 2. The minimum Gasteiger partial charge on any atom is -0.463 e. The zero-order chi connectivity index (χ0) is 20.8. The molecule has 8 nitrogen and oxygen atoms in total. The third kappa shape index (κ3) is 3.95. The van der Waals surface area contributed by atoms with Gasteiger partial charge >= 0.3 is 0 Å². The van der Waals surface area contributed by atoms with Gasteiger partial charge in [0.2, 0.25) is 0 Å². The van der Waals surface area contributed by atoms with E-state index in [1.54, 1.807) is 37.3 Å². The summed E-state index contributed by atoms with van der Waals surface area (Å²) in [7, 11) is -7.07. The number of nitrogens with one attached hydrogen (secondary N) is 1. The Kier molecular flexibility index (Phi) is 4.78. The molecule has 0 spiro atoms. The van der Waals surface area contributed by atoms with E-state index in [4.69, 9.17) is 4.42 Å². The van der Waals surface area contributed by atoms with Gasteiger partial charge in [-0.1, -0.05) is 12.1 Å². The van der Waals surface area contributed by atoms with Crippen LogP contribution in [0.2, 0.25) is 0 Å². The predicted molar refractivity (Wildman–Crippen MR) is 109 cm³/mol. The van der Waals surface area contributed by atoms with E-state index in [2.05, 4.69) is 9.82 Å². The minimum atomic E-state index is -3.89. The molecule has 0 bridgehead atoms. The average molecular weight is 436 g/mol. The summed E-state index contributed by atoms with van der Waals surface area (Å²) in [5, 5.41) is 4.45. The predicted octanol–water partition coefficient (Wildman–Crippen LogP) is 2.92. The van der Waals surface area contributed by atoms with Crippen molar-refractivity contribution in [3.8, 4) is 11.5 Å². The summed E-state index contributed by atoms with van der Waals surface area (Å²) < 4.78 is 59.5. The Bertz CT molecular complexity index is 1260. The maximum Gasteiger partial charge on any atom is 0.263 e. The van der Waals surface area contributed by atoms with Crippen molar-refractivity contribution < 1.29 is 21.3 Å². The molecule has 0 radical (unpaired) electrons. The van der Waals surface area contributed by atoms with E-state index in [1.807, 2.05) is 13.0 Å². The molecular weight excluding hydrogens is 414 g/mol. The third-order valence-corrected chi connectivity index (χ3v) is 8.18. The van der Waals surface area contributed by atoms with Crippen molar-refractivity contribution in [1.82, 2.24) is 9.78 Å². The highest BCUT2D eigenvalue weighted by atomic mass is 32.2. The van der Waals surface area contributed by atoms with Gasteiger partial charge in [0.1, 0.15) is 11.5 Å². The smallest absolute Gasteiger partial charge is 0.263 e. The first-order chi connectivity index (χ1) is 13.6. The van der Waals surface area contributed by atoms with Crippen LogP contribution >= 0.6 is 0 Å². The van der Waals surface area contributed by atoms with Gasteiger partial charge in [0.05, 0.1) is 28.7 Å². The molecule has 1 atom stereocenters. The molecule has 1 aliphatic rings. The summed E-state index contributed by atoms with van der Waals surface area (Å²) in [6.45, 7) is 3.55. The molecule has 10 heteroatoms. The number of sulfone groups is 1. The number of aryl methyl sites for hydroxylation is 2. The molecule has 0 saturated carbocycles. The van der Waals surface area contributed by atoms with Crippen LogP contribution in [0.25, 0.3) is 11.5 Å². The van der Waals surface area contributed by atoms with Gasteiger partial charge in [0.25, 0.3) is 10.0 Å². The van der Waals surface area contributed by atoms with Gasteiger partial charge in [0.15, 0.2) is 15.6 Å². The van der Waals surface area contributed by atoms with Crippen molar-refractivity contribution in [2.75, 3.05) is 16.2 Å². The Morgan fingerprint density at radius 2 is 2.00 bits per heavy atom. The van der Waals surface area contributed by atoms with Crippen molar-refractivity contribution in [2.24, 2.45) is 0 Å². The van der Waals surface area contributed by atoms with Gasteiger partial charge < -0.3 is 4.42 Å². The Labute approximate surface area is 169 Å². The van der Waals surface area contributed by atoms with Gasteiger partial charge in [-0.15, -0.1) is 0 Å². The lowest BCUT2D eigenvalue weighted by molar-refractivity contribution is 0.504. The third-order valence-electron chi connectivity index (χ3n) is 4.94. The quantitative estimate of drug-likeness (QED) is 0.660. The molecule has 29 heavy (non-hydrogen) atoms. The Hall–Kier alpha value is -2.59. The van der Waals surface area contributed by atoms with Gasteiger partial charge in [0, 0.05) is 6.07 Å². The van der Waals surface area contributed by atoms with Crippen molar-refractivity contribution in [2.45, 2.75) is 31.2 Å². The van der Waals surface area contributed by atoms with Crippen molar-refractivity contribution in [3.05, 3.63) is 53.8 Å². The maximum atomic E-state index is 13.1. The van der Waals surface area contributed by atoms with Crippen LogP contribution in [0.4, 0.5) is 5.82 Å². The molecule has 4 rings (SSSR count). The first-order valence-corrected chi connectivity index (χ1v) is 12.4. The van der Waals surface area contributed by atoms with Crippen LogP contribution in [-0.2, 0) is 19.9 Å². The van der Waals surface area contributed by atoms with Crippen LogP contribution in [-0.4, -0.2) is 38.1 Å². The fourth-order valence-corrected chi connectivity index (χ4v) is 6.51. The Morgan fingerprint density at radius 3 is 2.66 bits per heavy atom. The summed E-state index contributed by atoms with van der Waals surface area (Å²) in [5.74, 6) is 0.651. The molecule has 2 aromatic heterocycles. The second-order valence-electron chi connectivity index (χ2n) is 7.27. The van der Waals surface area contributed by atoms with Gasteiger partial charge in [-0.2, -0.15) is 5.10 Å². The standard InChI is InChI=1S/C19H21N3O5S2/c1-13-5-6-14(2)18(10-13)29(25,26)21-19-11-16(17-4-3-8-27-17)20-22(19)15-7-9-28(23,24)12-15/h3-6,8,10-11,15,21H,7,9,12H2,1-2H3/t15-/m0/s1. The van der Waals surface area contributed by atoms with E-state index in [-0.39, 0.29) is 22.2 Å². The number of furan rings is 1. The van der Waals surface area contributed by atoms with Crippen molar-refractivity contribution in [3.63, 3.8) is 0 Å². The number of nitrogens with zero attached hydrogens (tertiary/aromatic N) is 2. The number of hydrogen-bond donors (Lipinski definition) is 1. The topological polar surface area (TPSA) is 111 Å². The lowest BCUT2D eigenvalue weighted by Crippen LogP contribution is -2.20. The number of hydrogen-bond acceptors (Lipinski definition) is 6. The Morgan fingerprint density at radius 1 is 1.21 bits per heavy atom. The van der Waals surface area contributed by atoms with E-state index in [0.29, 0.717) is 23.4 Å². The number of anilines is 1. The van der Waals surface area contributed by atoms with Crippen LogP contribution in [0.3, 0.4) is 0 Å². The van der Waals surface area contributed by atoms with E-state index < -0.39 is 25.9 Å². The first kappa shape index (κ1) is 19.7. The van der Waals surface area contributed by atoms with Gasteiger partial charge in [-0.25, -0.2) is 21.5 Å². The maximum absolute atomic E-state index is 13.1. The van der Waals surface area contributed by atoms with E-state index >= 15 is 0 Å². The van der Waals surface area contributed by atoms with Gasteiger partial charge in [-0.05, 0) is 49.6 Å². The average Bonchev–Trinajstić information content (AvgIpc) is 3.36. The lowest BCUT2D eigenvalue weighted by atomic mass is 10.2. The minimum absolute atomic E-state index is 0.0524. The fourth-order valence-electron chi connectivity index (χ4n) is 3.45. The lowest BCUT2D eigenvalue weighted by Gasteiger charge is -2.15. The largest absolute Gasteiger partial charge is 0.463 e. The van der Waals surface area contributed by atoms with Crippen LogP contribution in [0.15, 0.2) is 52.0 Å². The number of rotatable bonds is 5. The highest BCUT2D eigenvalue weighted by Gasteiger charge is 2.32. The molecule has 1 aliphatic heterocycles. The van der Waals surface area contributed by atoms with Crippen molar-refractivity contribution in [1.29, 1.82) is 0 Å². The van der Waals surface area contributed by atoms with E-state index in [1.165, 1.54) is 10.9 Å². The molecule has 1 N–H and O–H groups in total. The zero-order valence-corrected chi connectivity index (χ0v) is 17.6. The molecule has 1 aromatic carbocycles. The zero-order valence-electron chi connectivity index (χ0n) is 16.0. The van der Waals surface area contributed by atoms with E-state index in [0.717, 1.165) is 5.56 Å². The molecule has 154 valence electrons. The molecular formula is C19H21N3O5S2. The van der Waals surface area contributed by atoms with Crippen LogP contribution in [0.1, 0.15) is 23.6 Å². The van der Waals surface area contributed by atoms with Gasteiger partial charge in [-0.3, -0.25) is 4.72 Å². The molecule has 1 fully saturated rings. The van der Waals surface area contributed by atoms with E-state index in [9.17, 15) is 16.8 Å². The normalized spacial score (nSPS) is 18.8. The SMILES string of the molecule is Cc1ccc(C)c(S(=O)(=O)Nc2cc(-c3ccco3)nn2[C@H]2CCS(=O)(=O)C2)c1. The van der Waals surface area contributed by atoms with Crippen LogP contribution in [0, 0.1) is 13.8 Å². The van der Waals surface area contributed by atoms with Crippen molar-refractivity contribution >= 4 is 25.7 Å². The molecule has 3 aromatic rings. The monoisotopic (exact) mass is 435 g/mol. The summed E-state index contributed by atoms with van der Waals surface area (Å²) in [6, 6.07) is 9.73. The highest BCUT2D eigenvalue weighted by Crippen LogP contribution is 2.32. The Balaban J connectivity index is 1.77. The molecule has 3 heterocycles. The number of sulfonamides is 1. The first-order valence-electron chi connectivity index (χ1n) is 9.08. The van der Waals surface area contributed by atoms with Crippen LogP contribution < -0.4 is 4.72 Å². The summed E-state index contributed by atoms with van der Waals surface area (Å²) in [5.41, 5.74) is 1.87. The molecule has 0 amide bonds.